The van der Waals surface area contributed by atoms with Gasteiger partial charge in [0.15, 0.2) is 0 Å². The van der Waals surface area contributed by atoms with Crippen LogP contribution in [0.15, 0.2) is 24.3 Å². The van der Waals surface area contributed by atoms with E-state index in [1.54, 1.807) is 6.92 Å². The first-order valence-corrected chi connectivity index (χ1v) is 10.3. The molecule has 172 valence electrons. The number of Topliss-reactive ketones (excluding diaryl/α,β-unsaturated/α-hetero) is 1. The molecule has 7 nitrogen and oxygen atoms in total. The van der Waals surface area contributed by atoms with Crippen molar-refractivity contribution in [1.29, 1.82) is 0 Å². The minimum atomic E-state index is -4.52. The Bertz CT molecular complexity index is 1040. The van der Waals surface area contributed by atoms with Crippen LogP contribution in [0, 0.1) is 19.8 Å². The Morgan fingerprint density at radius 2 is 1.81 bits per heavy atom. The molecule has 0 aliphatic carbocycles. The molecule has 0 atom stereocenters. The van der Waals surface area contributed by atoms with E-state index < -0.39 is 23.4 Å². The summed E-state index contributed by atoms with van der Waals surface area (Å²) in [5.74, 6) is -2.10. The molecule has 0 bridgehead atoms. The van der Waals surface area contributed by atoms with Crippen LogP contribution in [0.3, 0.4) is 0 Å². The number of rotatable bonds is 5. The van der Waals surface area contributed by atoms with Gasteiger partial charge in [0.1, 0.15) is 0 Å². The van der Waals surface area contributed by atoms with Gasteiger partial charge >= 0.3 is 12.1 Å². The molecule has 1 amide bonds. The number of carbonyl (C=O) groups excluding carboxylic acids is 3. The highest BCUT2D eigenvalue weighted by Crippen LogP contribution is 2.31. The first kappa shape index (κ1) is 23.5. The molecular formula is C22H24F3N3O4. The summed E-state index contributed by atoms with van der Waals surface area (Å²) in [7, 11) is 0. The zero-order chi connectivity index (χ0) is 23.6. The molecule has 0 saturated carbocycles. The van der Waals surface area contributed by atoms with Crippen LogP contribution in [0.5, 0.6) is 0 Å². The lowest BCUT2D eigenvalue weighted by Gasteiger charge is -2.30. The molecule has 32 heavy (non-hydrogen) atoms. The molecule has 10 heteroatoms. The largest absolute Gasteiger partial charge is 0.466 e. The number of aromatic nitrogens is 2. The zero-order valence-corrected chi connectivity index (χ0v) is 18.0. The van der Waals surface area contributed by atoms with Crippen molar-refractivity contribution < 1.29 is 32.3 Å². The van der Waals surface area contributed by atoms with E-state index in [2.05, 4.69) is 5.10 Å². The number of amides is 1. The molecule has 2 aromatic rings. The van der Waals surface area contributed by atoms with Gasteiger partial charge in [-0.1, -0.05) is 6.07 Å². The second-order valence-electron chi connectivity index (χ2n) is 7.65. The number of benzene rings is 1. The minimum absolute atomic E-state index is 0.0694. The maximum absolute atomic E-state index is 13.1. The highest BCUT2D eigenvalue weighted by molar-refractivity contribution is 6.43. The van der Waals surface area contributed by atoms with Crippen LogP contribution in [0.25, 0.3) is 5.69 Å². The van der Waals surface area contributed by atoms with Crippen molar-refractivity contribution in [3.8, 4) is 5.69 Å². The number of aryl methyl sites for hydroxylation is 1. The van der Waals surface area contributed by atoms with Gasteiger partial charge in [-0.2, -0.15) is 18.3 Å². The fourth-order valence-electron chi connectivity index (χ4n) is 3.87. The number of hydrogen-bond acceptors (Lipinski definition) is 5. The average molecular weight is 451 g/mol. The number of ketones is 1. The number of piperidine rings is 1. The standard InChI is InChI=1S/C22H24F3N3O4/c1-4-32-21(31)15-8-10-27(11-9-15)20(30)19(29)18-13(2)26-28(14(18)3)17-7-5-6-16(12-17)22(23,24)25/h5-7,12,15H,4,8-11H2,1-3H3. The van der Waals surface area contributed by atoms with Gasteiger partial charge < -0.3 is 9.64 Å². The molecule has 1 aliphatic heterocycles. The Morgan fingerprint density at radius 3 is 2.41 bits per heavy atom. The van der Waals surface area contributed by atoms with Crippen molar-refractivity contribution in [2.24, 2.45) is 5.92 Å². The third kappa shape index (κ3) is 4.68. The van der Waals surface area contributed by atoms with Gasteiger partial charge in [-0.05, 0) is 51.8 Å². The highest BCUT2D eigenvalue weighted by Gasteiger charge is 2.34. The number of halogens is 3. The van der Waals surface area contributed by atoms with E-state index in [9.17, 15) is 27.6 Å². The van der Waals surface area contributed by atoms with Crippen molar-refractivity contribution >= 4 is 17.7 Å². The van der Waals surface area contributed by atoms with E-state index in [0.717, 1.165) is 12.1 Å². The average Bonchev–Trinajstić information content (AvgIpc) is 3.06. The topological polar surface area (TPSA) is 81.5 Å². The number of alkyl halides is 3. The maximum atomic E-state index is 13.1. The smallest absolute Gasteiger partial charge is 0.416 e. The van der Waals surface area contributed by atoms with E-state index in [0.29, 0.717) is 12.8 Å². The summed E-state index contributed by atoms with van der Waals surface area (Å²) in [5, 5.41) is 4.20. The third-order valence-corrected chi connectivity index (χ3v) is 5.53. The van der Waals surface area contributed by atoms with Gasteiger partial charge in [0.2, 0.25) is 0 Å². The molecule has 1 aromatic heterocycles. The van der Waals surface area contributed by atoms with Gasteiger partial charge in [0.25, 0.3) is 11.7 Å². The Morgan fingerprint density at radius 1 is 1.16 bits per heavy atom. The fraction of sp³-hybridized carbons (Fsp3) is 0.455. The molecule has 1 fully saturated rings. The van der Waals surface area contributed by atoms with E-state index in [-0.39, 0.29) is 54.2 Å². The number of likely N-dealkylation sites (tertiary alicyclic amines) is 1. The van der Waals surface area contributed by atoms with Gasteiger partial charge in [0, 0.05) is 13.1 Å². The second-order valence-corrected chi connectivity index (χ2v) is 7.65. The second kappa shape index (κ2) is 9.13. The summed E-state index contributed by atoms with van der Waals surface area (Å²) < 4.78 is 45.4. The SMILES string of the molecule is CCOC(=O)C1CCN(C(=O)C(=O)c2c(C)nn(-c3cccc(C(F)(F)F)c3)c2C)CC1. The lowest BCUT2D eigenvalue weighted by Crippen LogP contribution is -2.43. The third-order valence-electron chi connectivity index (χ3n) is 5.53. The van der Waals surface area contributed by atoms with Crippen molar-refractivity contribution in [3.05, 3.63) is 46.8 Å². The molecule has 1 aliphatic rings. The summed E-state index contributed by atoms with van der Waals surface area (Å²) in [6.45, 7) is 5.56. The molecular weight excluding hydrogens is 427 g/mol. The number of hydrogen-bond donors (Lipinski definition) is 0. The summed E-state index contributed by atoms with van der Waals surface area (Å²) in [6, 6.07) is 4.60. The Hall–Kier alpha value is -3.17. The van der Waals surface area contributed by atoms with E-state index >= 15 is 0 Å². The number of esters is 1. The predicted octanol–water partition coefficient (Wildman–Crippen LogP) is 3.49. The first-order valence-electron chi connectivity index (χ1n) is 10.3. The predicted molar refractivity (Wildman–Crippen MR) is 108 cm³/mol. The van der Waals surface area contributed by atoms with Gasteiger partial charge in [-0.25, -0.2) is 4.68 Å². The van der Waals surface area contributed by atoms with E-state index in [1.807, 2.05) is 0 Å². The summed E-state index contributed by atoms with van der Waals surface area (Å²) >= 11 is 0. The van der Waals surface area contributed by atoms with Crippen molar-refractivity contribution in [3.63, 3.8) is 0 Å². The van der Waals surface area contributed by atoms with Crippen molar-refractivity contribution in [2.75, 3.05) is 19.7 Å². The lowest BCUT2D eigenvalue weighted by atomic mass is 9.96. The Kier molecular flexibility index (Phi) is 6.71. The summed E-state index contributed by atoms with van der Waals surface area (Å²) in [6.07, 6.45) is -3.71. The minimum Gasteiger partial charge on any atom is -0.466 e. The maximum Gasteiger partial charge on any atom is 0.416 e. The normalized spacial score (nSPS) is 15.0. The molecule has 0 N–H and O–H groups in total. The fourth-order valence-corrected chi connectivity index (χ4v) is 3.87. The molecule has 0 radical (unpaired) electrons. The van der Waals surface area contributed by atoms with E-state index in [1.165, 1.54) is 35.6 Å². The summed E-state index contributed by atoms with van der Waals surface area (Å²) in [4.78, 5) is 39.0. The number of nitrogens with zero attached hydrogens (tertiary/aromatic N) is 3. The lowest BCUT2D eigenvalue weighted by molar-refractivity contribution is -0.150. The van der Waals surface area contributed by atoms with Crippen LogP contribution in [-0.4, -0.2) is 52.0 Å². The zero-order valence-electron chi connectivity index (χ0n) is 18.0. The van der Waals surface area contributed by atoms with Crippen LogP contribution < -0.4 is 0 Å². The first-order chi connectivity index (χ1) is 15.0. The van der Waals surface area contributed by atoms with Crippen LogP contribution in [0.2, 0.25) is 0 Å². The van der Waals surface area contributed by atoms with Crippen molar-refractivity contribution in [2.45, 2.75) is 39.8 Å². The van der Waals surface area contributed by atoms with Crippen LogP contribution in [0.1, 0.15) is 47.1 Å². The monoisotopic (exact) mass is 451 g/mol. The Balaban J connectivity index is 1.80. The molecule has 1 aromatic carbocycles. The quantitative estimate of drug-likeness (QED) is 0.395. The van der Waals surface area contributed by atoms with Gasteiger partial charge in [0.05, 0.1) is 40.7 Å². The molecule has 2 heterocycles. The summed E-state index contributed by atoms with van der Waals surface area (Å²) in [5.41, 5.74) is -0.0978. The van der Waals surface area contributed by atoms with Crippen LogP contribution >= 0.6 is 0 Å². The molecule has 3 rings (SSSR count). The van der Waals surface area contributed by atoms with Gasteiger partial charge in [-0.15, -0.1) is 0 Å². The van der Waals surface area contributed by atoms with Gasteiger partial charge in [-0.3, -0.25) is 14.4 Å². The molecule has 0 spiro atoms. The number of carbonyl (C=O) groups is 3. The van der Waals surface area contributed by atoms with Crippen molar-refractivity contribution in [1.82, 2.24) is 14.7 Å². The number of ether oxygens (including phenoxy) is 1. The highest BCUT2D eigenvalue weighted by atomic mass is 19.4. The van der Waals surface area contributed by atoms with Crippen LogP contribution in [-0.2, 0) is 20.5 Å². The molecule has 1 saturated heterocycles. The van der Waals surface area contributed by atoms with E-state index in [4.69, 9.17) is 4.74 Å². The molecule has 0 unspecified atom stereocenters. The Labute approximate surface area is 183 Å². The van der Waals surface area contributed by atoms with Crippen LogP contribution in [0.4, 0.5) is 13.2 Å².